The molecule has 0 N–H and O–H groups in total. The Labute approximate surface area is 327 Å². The van der Waals surface area contributed by atoms with Gasteiger partial charge in [-0.2, -0.15) is 0 Å². The van der Waals surface area contributed by atoms with Crippen LogP contribution in [0.5, 0.6) is 0 Å². The van der Waals surface area contributed by atoms with Gasteiger partial charge in [0.15, 0.2) is 5.82 Å². The van der Waals surface area contributed by atoms with Gasteiger partial charge in [0.25, 0.3) is 0 Å². The maximum Gasteiger partial charge on any atom is 0.160 e. The molecule has 8 aromatic carbocycles. The van der Waals surface area contributed by atoms with E-state index in [9.17, 15) is 2.74 Å². The van der Waals surface area contributed by atoms with Crippen molar-refractivity contribution in [1.82, 2.24) is 14.5 Å². The fraction of sp³-hybridized carbons (Fsp3) is 0. The summed E-state index contributed by atoms with van der Waals surface area (Å²) in [6.07, 6.45) is 0. The summed E-state index contributed by atoms with van der Waals surface area (Å²) in [5.41, 5.74) is 11.6. The smallest absolute Gasteiger partial charge is 0.160 e. The Kier molecular flexibility index (Phi) is 6.89. The summed E-state index contributed by atoms with van der Waals surface area (Å²) in [5.74, 6) is 0.570. The van der Waals surface area contributed by atoms with Gasteiger partial charge in [-0.25, -0.2) is 9.97 Å². The van der Waals surface area contributed by atoms with Crippen LogP contribution in [-0.4, -0.2) is 14.5 Å². The molecule has 55 heavy (non-hydrogen) atoms. The van der Waals surface area contributed by atoms with Gasteiger partial charge in [-0.05, 0) is 69.7 Å². The first kappa shape index (κ1) is 27.3. The number of aromatic nitrogens is 3. The van der Waals surface area contributed by atoms with E-state index in [-0.39, 0.29) is 17.8 Å². The molecule has 0 aliphatic carbocycles. The fourth-order valence-electron chi connectivity index (χ4n) is 7.47. The molecule has 0 amide bonds. The quantitative estimate of drug-likeness (QED) is 0.165. The van der Waals surface area contributed by atoms with Gasteiger partial charge in [0.05, 0.1) is 29.3 Å². The first-order chi connectivity index (χ1) is 29.3. The molecule has 0 radical (unpaired) electrons. The standard InChI is InChI=1S/C52H35N3/c1-6-16-36(17-7-1)38-26-28-40(29-27-38)47-35-48(54-52(53-47)41-22-12-4-13-23-41)42-30-31-45-49(33-42)55(44-24-14-5-15-25-44)50-34-43(37-18-8-2-9-19-37)32-46(51(45)50)39-20-10-3-11-21-39/h1-35H/i5D,14D,15D,24D,25D. The third-order valence-corrected chi connectivity index (χ3v) is 10.1. The number of nitrogens with zero attached hydrogens (tertiary/aromatic N) is 3. The van der Waals surface area contributed by atoms with Gasteiger partial charge in [-0.1, -0.05) is 176 Å². The third-order valence-electron chi connectivity index (χ3n) is 10.1. The van der Waals surface area contributed by atoms with Crippen molar-refractivity contribution in [3.8, 4) is 73.0 Å². The molecule has 3 nitrogen and oxygen atoms in total. The maximum atomic E-state index is 9.22. The normalized spacial score (nSPS) is 12.5. The highest BCUT2D eigenvalue weighted by molar-refractivity contribution is 6.17. The van der Waals surface area contributed by atoms with E-state index in [1.807, 2.05) is 108 Å². The lowest BCUT2D eigenvalue weighted by Crippen LogP contribution is -1.97. The van der Waals surface area contributed by atoms with Crippen LogP contribution in [0.2, 0.25) is 0 Å². The summed E-state index contributed by atoms with van der Waals surface area (Å²) in [6.45, 7) is 0. The zero-order chi connectivity index (χ0) is 40.9. The molecule has 0 spiro atoms. The van der Waals surface area contributed by atoms with Gasteiger partial charge >= 0.3 is 0 Å². The SMILES string of the molecule is [2H]c1c([2H])c([2H])c(-n2c3cc(-c4cc(-c5ccc(-c6ccccc6)cc5)nc(-c5ccccc5)n4)ccc3c3c(-c4ccccc4)cc(-c4ccccc4)cc32)c([2H])c1[2H]. The van der Waals surface area contributed by atoms with Crippen LogP contribution in [-0.2, 0) is 0 Å². The maximum absolute atomic E-state index is 9.22. The van der Waals surface area contributed by atoms with Crippen molar-refractivity contribution in [3.05, 3.63) is 212 Å². The molecule has 2 aromatic heterocycles. The highest BCUT2D eigenvalue weighted by Crippen LogP contribution is 2.43. The summed E-state index contributed by atoms with van der Waals surface area (Å²) < 4.78 is 46.2. The van der Waals surface area contributed by atoms with Crippen molar-refractivity contribution in [2.75, 3.05) is 0 Å². The van der Waals surface area contributed by atoms with Crippen LogP contribution in [0.3, 0.4) is 0 Å². The molecule has 3 heteroatoms. The molecule has 258 valence electrons. The molecule has 0 saturated heterocycles. The van der Waals surface area contributed by atoms with Crippen molar-refractivity contribution in [2.45, 2.75) is 0 Å². The minimum atomic E-state index is -0.441. The Balaban J connectivity index is 1.26. The van der Waals surface area contributed by atoms with Crippen LogP contribution < -0.4 is 0 Å². The van der Waals surface area contributed by atoms with Crippen LogP contribution in [0, 0.1) is 0 Å². The average molecular weight is 707 g/mol. The Morgan fingerprint density at radius 1 is 0.382 bits per heavy atom. The van der Waals surface area contributed by atoms with E-state index < -0.39 is 18.1 Å². The van der Waals surface area contributed by atoms with E-state index in [1.165, 1.54) is 0 Å². The summed E-state index contributed by atoms with van der Waals surface area (Å²) >= 11 is 0. The van der Waals surface area contributed by atoms with E-state index >= 15 is 0 Å². The van der Waals surface area contributed by atoms with Gasteiger partial charge < -0.3 is 4.57 Å². The number of hydrogen-bond acceptors (Lipinski definition) is 2. The first-order valence-corrected chi connectivity index (χ1v) is 18.2. The zero-order valence-electron chi connectivity index (χ0n) is 34.7. The number of rotatable bonds is 7. The number of benzene rings is 8. The predicted molar refractivity (Wildman–Crippen MR) is 229 cm³/mol. The van der Waals surface area contributed by atoms with E-state index in [2.05, 4.69) is 78.9 Å². The van der Waals surface area contributed by atoms with Gasteiger partial charge in [0, 0.05) is 33.2 Å². The lowest BCUT2D eigenvalue weighted by atomic mass is 9.94. The molecular weight excluding hydrogens is 667 g/mol. The summed E-state index contributed by atoms with van der Waals surface area (Å²) in [4.78, 5) is 10.2. The van der Waals surface area contributed by atoms with Crippen molar-refractivity contribution in [3.63, 3.8) is 0 Å². The molecule has 0 fully saturated rings. The average Bonchev–Trinajstić information content (AvgIpc) is 3.64. The van der Waals surface area contributed by atoms with Crippen LogP contribution >= 0.6 is 0 Å². The molecule has 2 heterocycles. The van der Waals surface area contributed by atoms with Crippen LogP contribution in [0.4, 0.5) is 0 Å². The monoisotopic (exact) mass is 706 g/mol. The van der Waals surface area contributed by atoms with Crippen molar-refractivity contribution >= 4 is 21.8 Å². The van der Waals surface area contributed by atoms with Gasteiger partial charge in [-0.15, -0.1) is 0 Å². The van der Waals surface area contributed by atoms with Crippen LogP contribution in [0.15, 0.2) is 212 Å². The van der Waals surface area contributed by atoms with E-state index in [0.717, 1.165) is 66.5 Å². The highest BCUT2D eigenvalue weighted by atomic mass is 15.0. The molecule has 10 aromatic rings. The van der Waals surface area contributed by atoms with Crippen molar-refractivity contribution in [2.24, 2.45) is 0 Å². The van der Waals surface area contributed by atoms with Crippen LogP contribution in [0.25, 0.3) is 94.8 Å². The van der Waals surface area contributed by atoms with Crippen LogP contribution in [0.1, 0.15) is 6.85 Å². The minimum Gasteiger partial charge on any atom is -0.309 e. The molecular formula is C52H35N3. The fourth-order valence-corrected chi connectivity index (χ4v) is 7.47. The topological polar surface area (TPSA) is 30.7 Å². The Morgan fingerprint density at radius 2 is 0.873 bits per heavy atom. The summed E-state index contributed by atoms with van der Waals surface area (Å²) in [6, 6.07) is 59.3. The minimum absolute atomic E-state index is 0.0780. The summed E-state index contributed by atoms with van der Waals surface area (Å²) in [7, 11) is 0. The second-order valence-corrected chi connectivity index (χ2v) is 13.5. The lowest BCUT2D eigenvalue weighted by Gasteiger charge is -2.12. The van der Waals surface area contributed by atoms with Crippen molar-refractivity contribution in [1.29, 1.82) is 0 Å². The van der Waals surface area contributed by atoms with E-state index in [0.29, 0.717) is 22.6 Å². The number of fused-ring (bicyclic) bond motifs is 3. The number of para-hydroxylation sites is 1. The predicted octanol–water partition coefficient (Wildman–Crippen LogP) is 13.6. The van der Waals surface area contributed by atoms with Gasteiger partial charge in [-0.3, -0.25) is 0 Å². The summed E-state index contributed by atoms with van der Waals surface area (Å²) in [5, 5.41) is 1.77. The zero-order valence-corrected chi connectivity index (χ0v) is 29.7. The van der Waals surface area contributed by atoms with E-state index in [4.69, 9.17) is 14.1 Å². The Bertz CT molecular complexity index is 3200. The second kappa shape index (κ2) is 13.9. The Morgan fingerprint density at radius 3 is 1.51 bits per heavy atom. The molecule has 0 bridgehead atoms. The molecule has 0 unspecified atom stereocenters. The third kappa shape index (κ3) is 6.08. The van der Waals surface area contributed by atoms with Gasteiger partial charge in [0.1, 0.15) is 0 Å². The van der Waals surface area contributed by atoms with Gasteiger partial charge in [0.2, 0.25) is 0 Å². The molecule has 0 saturated carbocycles. The Hall–Kier alpha value is -7.36. The van der Waals surface area contributed by atoms with Crippen molar-refractivity contribution < 1.29 is 6.85 Å². The van der Waals surface area contributed by atoms with E-state index in [1.54, 1.807) is 0 Å². The second-order valence-electron chi connectivity index (χ2n) is 13.5. The molecule has 10 rings (SSSR count). The molecule has 0 aliphatic heterocycles. The molecule has 0 aliphatic rings. The number of hydrogen-bond donors (Lipinski definition) is 0. The first-order valence-electron chi connectivity index (χ1n) is 20.7. The molecule has 0 atom stereocenters. The largest absolute Gasteiger partial charge is 0.309 e. The lowest BCUT2D eigenvalue weighted by molar-refractivity contribution is 1.17. The highest BCUT2D eigenvalue weighted by Gasteiger charge is 2.20.